The lowest BCUT2D eigenvalue weighted by Gasteiger charge is -2.20. The zero-order chi connectivity index (χ0) is 13.8. The Morgan fingerprint density at radius 3 is 2.68 bits per heavy atom. The normalized spacial score (nSPS) is 12.6. The molecule has 0 amide bonds. The molecule has 1 aromatic heterocycles. The van der Waals surface area contributed by atoms with Crippen LogP contribution >= 0.6 is 0 Å². The maximum Gasteiger partial charge on any atom is 0.313 e. The van der Waals surface area contributed by atoms with E-state index < -0.39 is 0 Å². The summed E-state index contributed by atoms with van der Waals surface area (Å²) in [5.74, 6) is -0.263. The van der Waals surface area contributed by atoms with Crippen molar-refractivity contribution in [2.75, 3.05) is 6.61 Å². The topological polar surface area (TPSA) is 39.2 Å². The fraction of sp³-hybridized carbons (Fsp3) is 0.375. The van der Waals surface area contributed by atoms with Gasteiger partial charge in [0.15, 0.2) is 0 Å². The number of hydrogen-bond donors (Lipinski definition) is 0. The van der Waals surface area contributed by atoms with E-state index in [1.807, 2.05) is 51.1 Å². The van der Waals surface area contributed by atoms with E-state index in [9.17, 15) is 4.79 Å². The molecule has 0 aliphatic carbocycles. The number of carbonyl (C=O) groups is 1. The molecule has 0 bridgehead atoms. The summed E-state index contributed by atoms with van der Waals surface area (Å²) in [4.78, 5) is 16.6. The van der Waals surface area contributed by atoms with Crippen molar-refractivity contribution in [3.63, 3.8) is 0 Å². The highest BCUT2D eigenvalue weighted by Crippen LogP contribution is 2.30. The maximum atomic E-state index is 12.2. The van der Waals surface area contributed by atoms with Crippen LogP contribution in [0, 0.1) is 5.92 Å². The first-order valence-corrected chi connectivity index (χ1v) is 6.65. The average Bonchev–Trinajstić information content (AvgIpc) is 2.39. The number of para-hydroxylation sites is 1. The predicted molar refractivity (Wildman–Crippen MR) is 76.0 cm³/mol. The Morgan fingerprint density at radius 1 is 1.26 bits per heavy atom. The van der Waals surface area contributed by atoms with Crippen molar-refractivity contribution in [3.8, 4) is 0 Å². The van der Waals surface area contributed by atoms with Gasteiger partial charge in [-0.3, -0.25) is 9.78 Å². The van der Waals surface area contributed by atoms with Crippen molar-refractivity contribution in [3.05, 3.63) is 42.1 Å². The number of ether oxygens (including phenoxy) is 1. The minimum atomic E-state index is -0.265. The molecule has 0 radical (unpaired) electrons. The summed E-state index contributed by atoms with van der Waals surface area (Å²) in [5, 5.41) is 1.05. The molecule has 1 atom stereocenters. The third-order valence-electron chi connectivity index (χ3n) is 3.21. The molecule has 2 rings (SSSR count). The number of aromatic nitrogens is 1. The van der Waals surface area contributed by atoms with E-state index in [0.717, 1.165) is 16.5 Å². The van der Waals surface area contributed by atoms with E-state index in [4.69, 9.17) is 4.74 Å². The molecule has 3 nitrogen and oxygen atoms in total. The van der Waals surface area contributed by atoms with Crippen LogP contribution in [-0.4, -0.2) is 17.6 Å². The van der Waals surface area contributed by atoms with Gasteiger partial charge in [0, 0.05) is 11.6 Å². The first kappa shape index (κ1) is 13.5. The Bertz CT molecular complexity index is 572. The largest absolute Gasteiger partial charge is 0.466 e. The highest BCUT2D eigenvalue weighted by atomic mass is 16.5. The van der Waals surface area contributed by atoms with Gasteiger partial charge in [-0.15, -0.1) is 0 Å². The number of esters is 1. The van der Waals surface area contributed by atoms with Crippen LogP contribution in [-0.2, 0) is 9.53 Å². The monoisotopic (exact) mass is 257 g/mol. The van der Waals surface area contributed by atoms with Gasteiger partial charge >= 0.3 is 5.97 Å². The van der Waals surface area contributed by atoms with Crippen molar-refractivity contribution in [2.45, 2.75) is 26.7 Å². The van der Waals surface area contributed by atoms with Gasteiger partial charge in [0.1, 0.15) is 0 Å². The molecule has 1 aromatic carbocycles. The van der Waals surface area contributed by atoms with E-state index in [-0.39, 0.29) is 17.8 Å². The third kappa shape index (κ3) is 2.75. The van der Waals surface area contributed by atoms with Gasteiger partial charge in [0.25, 0.3) is 0 Å². The first-order valence-electron chi connectivity index (χ1n) is 6.65. The number of nitrogens with zero attached hydrogens (tertiary/aromatic N) is 1. The average molecular weight is 257 g/mol. The summed E-state index contributed by atoms with van der Waals surface area (Å²) in [6.45, 7) is 6.30. The molecule has 19 heavy (non-hydrogen) atoms. The molecular weight excluding hydrogens is 238 g/mol. The third-order valence-corrected chi connectivity index (χ3v) is 3.21. The van der Waals surface area contributed by atoms with E-state index in [1.165, 1.54) is 0 Å². The Balaban J connectivity index is 2.53. The summed E-state index contributed by atoms with van der Waals surface area (Å²) in [6, 6.07) is 9.86. The molecule has 0 fully saturated rings. The number of hydrogen-bond acceptors (Lipinski definition) is 3. The number of carbonyl (C=O) groups excluding carboxylic acids is 1. The number of pyridine rings is 1. The minimum Gasteiger partial charge on any atom is -0.466 e. The second-order valence-corrected chi connectivity index (χ2v) is 4.90. The van der Waals surface area contributed by atoms with Crippen molar-refractivity contribution in [1.82, 2.24) is 4.98 Å². The Kier molecular flexibility index (Phi) is 4.15. The number of fused-ring (bicyclic) bond motifs is 1. The lowest BCUT2D eigenvalue weighted by molar-refractivity contribution is -0.146. The van der Waals surface area contributed by atoms with Crippen LogP contribution in [0.5, 0.6) is 0 Å². The molecule has 1 heterocycles. The second-order valence-electron chi connectivity index (χ2n) is 4.90. The summed E-state index contributed by atoms with van der Waals surface area (Å²) in [7, 11) is 0. The van der Waals surface area contributed by atoms with Crippen molar-refractivity contribution in [2.24, 2.45) is 5.92 Å². The lowest BCUT2D eigenvalue weighted by Crippen LogP contribution is -2.21. The SMILES string of the molecule is CCOC(=O)C(c1cccc2cccnc12)C(C)C. The van der Waals surface area contributed by atoms with E-state index in [1.54, 1.807) is 6.20 Å². The van der Waals surface area contributed by atoms with Crippen LogP contribution in [0.15, 0.2) is 36.5 Å². The van der Waals surface area contributed by atoms with Crippen molar-refractivity contribution >= 4 is 16.9 Å². The molecule has 0 saturated heterocycles. The predicted octanol–water partition coefficient (Wildman–Crippen LogP) is 3.54. The standard InChI is InChI=1S/C16H19NO2/c1-4-19-16(18)14(11(2)3)13-9-5-7-12-8-6-10-17-15(12)13/h5-11,14H,4H2,1-3H3. The second kappa shape index (κ2) is 5.83. The van der Waals surface area contributed by atoms with Crippen LogP contribution < -0.4 is 0 Å². The Morgan fingerprint density at radius 2 is 2.00 bits per heavy atom. The molecule has 0 spiro atoms. The van der Waals surface area contributed by atoms with Crippen LogP contribution in [0.2, 0.25) is 0 Å². The zero-order valence-corrected chi connectivity index (χ0v) is 11.6. The van der Waals surface area contributed by atoms with Gasteiger partial charge in [-0.1, -0.05) is 38.1 Å². The summed E-state index contributed by atoms with van der Waals surface area (Å²) < 4.78 is 5.20. The fourth-order valence-corrected chi connectivity index (χ4v) is 2.37. The molecule has 0 saturated carbocycles. The van der Waals surface area contributed by atoms with Crippen LogP contribution in [0.3, 0.4) is 0 Å². The highest BCUT2D eigenvalue weighted by Gasteiger charge is 2.27. The fourth-order valence-electron chi connectivity index (χ4n) is 2.37. The number of benzene rings is 1. The van der Waals surface area contributed by atoms with Gasteiger partial charge < -0.3 is 4.74 Å². The smallest absolute Gasteiger partial charge is 0.313 e. The first-order chi connectivity index (χ1) is 9.15. The summed E-state index contributed by atoms with van der Waals surface area (Å²) in [6.07, 6.45) is 1.76. The maximum absolute atomic E-state index is 12.2. The number of rotatable bonds is 4. The molecule has 3 heteroatoms. The van der Waals surface area contributed by atoms with Gasteiger partial charge in [-0.25, -0.2) is 0 Å². The van der Waals surface area contributed by atoms with E-state index in [0.29, 0.717) is 6.61 Å². The highest BCUT2D eigenvalue weighted by molar-refractivity contribution is 5.88. The van der Waals surface area contributed by atoms with Gasteiger partial charge in [0.05, 0.1) is 18.0 Å². The van der Waals surface area contributed by atoms with Crippen molar-refractivity contribution in [1.29, 1.82) is 0 Å². The Hall–Kier alpha value is -1.90. The molecule has 100 valence electrons. The quantitative estimate of drug-likeness (QED) is 0.786. The summed E-state index contributed by atoms with van der Waals surface area (Å²) >= 11 is 0. The molecule has 0 aliphatic rings. The van der Waals surface area contributed by atoms with Crippen LogP contribution in [0.1, 0.15) is 32.3 Å². The summed E-state index contributed by atoms with van der Waals surface area (Å²) in [5.41, 5.74) is 1.84. The zero-order valence-electron chi connectivity index (χ0n) is 11.6. The van der Waals surface area contributed by atoms with Gasteiger partial charge in [-0.05, 0) is 24.5 Å². The molecule has 0 aliphatic heterocycles. The Labute approximate surface area is 113 Å². The molecular formula is C16H19NO2. The molecule has 2 aromatic rings. The minimum absolute atomic E-state index is 0.171. The van der Waals surface area contributed by atoms with E-state index in [2.05, 4.69) is 4.98 Å². The van der Waals surface area contributed by atoms with Gasteiger partial charge in [0.2, 0.25) is 0 Å². The van der Waals surface area contributed by atoms with Gasteiger partial charge in [-0.2, -0.15) is 0 Å². The van der Waals surface area contributed by atoms with E-state index >= 15 is 0 Å². The molecule has 1 unspecified atom stereocenters. The lowest BCUT2D eigenvalue weighted by atomic mass is 9.87. The van der Waals surface area contributed by atoms with Crippen LogP contribution in [0.25, 0.3) is 10.9 Å². The van der Waals surface area contributed by atoms with Crippen molar-refractivity contribution < 1.29 is 9.53 Å². The van der Waals surface area contributed by atoms with Crippen LogP contribution in [0.4, 0.5) is 0 Å². The molecule has 0 N–H and O–H groups in total.